The van der Waals surface area contributed by atoms with Crippen molar-refractivity contribution in [1.29, 1.82) is 0 Å². The highest BCUT2D eigenvalue weighted by molar-refractivity contribution is 6.43. The number of ether oxygens (including phenoxy) is 2. The molecule has 6 nitrogen and oxygen atoms in total. The summed E-state index contributed by atoms with van der Waals surface area (Å²) in [4.78, 5) is 12.0. The van der Waals surface area contributed by atoms with E-state index in [2.05, 4.69) is 10.5 Å². The number of hydrogen-bond acceptors (Lipinski definition) is 4. The number of carbonyl (C=O) groups excluding carboxylic acids is 1. The summed E-state index contributed by atoms with van der Waals surface area (Å²) in [6.45, 7) is 6.65. The van der Waals surface area contributed by atoms with Crippen LogP contribution < -0.4 is 5.43 Å². The predicted molar refractivity (Wildman–Crippen MR) is 106 cm³/mol. The molecule has 0 unspecified atom stereocenters. The minimum absolute atomic E-state index is 0.0848. The summed E-state index contributed by atoms with van der Waals surface area (Å²) < 4.78 is 12.8. The van der Waals surface area contributed by atoms with Gasteiger partial charge in [0.2, 0.25) is 5.91 Å². The lowest BCUT2D eigenvalue weighted by molar-refractivity contribution is -0.159. The number of nitrogens with one attached hydrogen (secondary N) is 1. The van der Waals surface area contributed by atoms with Gasteiger partial charge in [0.05, 0.1) is 41.6 Å². The zero-order valence-electron chi connectivity index (χ0n) is 15.4. The Balaban J connectivity index is 1.74. The molecule has 27 heavy (non-hydrogen) atoms. The summed E-state index contributed by atoms with van der Waals surface area (Å²) >= 11 is 12.5. The molecule has 1 saturated heterocycles. The van der Waals surface area contributed by atoms with Crippen LogP contribution in [0.15, 0.2) is 29.4 Å². The number of aromatic nitrogens is 1. The van der Waals surface area contributed by atoms with Gasteiger partial charge in [-0.15, -0.1) is 0 Å². The van der Waals surface area contributed by atoms with Gasteiger partial charge in [0.1, 0.15) is 0 Å². The quantitative estimate of drug-likeness (QED) is 0.599. The number of hydrazone groups is 1. The smallest absolute Gasteiger partial charge is 0.245 e. The average Bonchev–Trinajstić information content (AvgIpc) is 3.14. The Morgan fingerprint density at radius 2 is 2.04 bits per heavy atom. The van der Waals surface area contributed by atoms with Gasteiger partial charge in [-0.1, -0.05) is 29.3 Å². The van der Waals surface area contributed by atoms with Gasteiger partial charge in [-0.3, -0.25) is 4.79 Å². The standard InChI is InChI=1S/C19H21Cl2N3O3/c1-12-9-14(11-22-23-17(25)10-19(3)26-7-8-27-19)13(2)24(12)16-6-4-5-15(20)18(16)21/h4-6,9,11H,7-8,10H2,1-3H3,(H,23,25)/b22-11-. The second-order valence-corrected chi connectivity index (χ2v) is 7.32. The lowest BCUT2D eigenvalue weighted by atomic mass is 10.2. The molecule has 144 valence electrons. The van der Waals surface area contributed by atoms with Gasteiger partial charge >= 0.3 is 0 Å². The van der Waals surface area contributed by atoms with Gasteiger partial charge in [0, 0.05) is 17.0 Å². The van der Waals surface area contributed by atoms with Crippen LogP contribution in [-0.4, -0.2) is 35.7 Å². The van der Waals surface area contributed by atoms with E-state index in [-0.39, 0.29) is 12.3 Å². The van der Waals surface area contributed by atoms with Crippen LogP contribution in [0.2, 0.25) is 10.0 Å². The first-order chi connectivity index (χ1) is 12.8. The normalized spacial score (nSPS) is 16.2. The maximum atomic E-state index is 12.0. The number of rotatable bonds is 5. The Hall–Kier alpha value is -1.86. The van der Waals surface area contributed by atoms with Crippen molar-refractivity contribution in [2.45, 2.75) is 33.0 Å². The minimum Gasteiger partial charge on any atom is -0.347 e. The number of halogens is 2. The van der Waals surface area contributed by atoms with E-state index in [0.29, 0.717) is 23.3 Å². The number of benzene rings is 1. The van der Waals surface area contributed by atoms with E-state index in [0.717, 1.165) is 22.6 Å². The molecule has 0 spiro atoms. The van der Waals surface area contributed by atoms with E-state index >= 15 is 0 Å². The van der Waals surface area contributed by atoms with Crippen LogP contribution in [0, 0.1) is 13.8 Å². The molecule has 1 N–H and O–H groups in total. The first kappa shape index (κ1) is 19.9. The molecular formula is C19H21Cl2N3O3. The van der Waals surface area contributed by atoms with Crippen LogP contribution in [0.4, 0.5) is 0 Å². The van der Waals surface area contributed by atoms with E-state index in [1.54, 1.807) is 19.2 Å². The van der Waals surface area contributed by atoms with E-state index in [4.69, 9.17) is 32.7 Å². The van der Waals surface area contributed by atoms with Crippen molar-refractivity contribution in [3.63, 3.8) is 0 Å². The lowest BCUT2D eigenvalue weighted by Gasteiger charge is -2.20. The topological polar surface area (TPSA) is 64.8 Å². The van der Waals surface area contributed by atoms with Crippen molar-refractivity contribution in [2.75, 3.05) is 13.2 Å². The van der Waals surface area contributed by atoms with Crippen molar-refractivity contribution in [3.05, 3.63) is 51.3 Å². The van der Waals surface area contributed by atoms with Crippen molar-refractivity contribution in [2.24, 2.45) is 5.10 Å². The van der Waals surface area contributed by atoms with Crippen molar-refractivity contribution in [3.8, 4) is 5.69 Å². The lowest BCUT2D eigenvalue weighted by Crippen LogP contribution is -2.33. The van der Waals surface area contributed by atoms with Crippen molar-refractivity contribution < 1.29 is 14.3 Å². The van der Waals surface area contributed by atoms with Gasteiger partial charge < -0.3 is 14.0 Å². The Morgan fingerprint density at radius 3 is 2.74 bits per heavy atom. The first-order valence-corrected chi connectivity index (χ1v) is 9.29. The molecule has 1 aliphatic heterocycles. The maximum absolute atomic E-state index is 12.0. The number of carbonyl (C=O) groups is 1. The number of hydrogen-bond donors (Lipinski definition) is 1. The highest BCUT2D eigenvalue weighted by Gasteiger charge is 2.33. The zero-order valence-corrected chi connectivity index (χ0v) is 16.9. The summed E-state index contributed by atoms with van der Waals surface area (Å²) in [5.74, 6) is -1.15. The second kappa shape index (κ2) is 8.02. The summed E-state index contributed by atoms with van der Waals surface area (Å²) in [5, 5.41) is 5.04. The number of aryl methyl sites for hydroxylation is 1. The van der Waals surface area contributed by atoms with E-state index in [9.17, 15) is 4.79 Å². The highest BCUT2D eigenvalue weighted by atomic mass is 35.5. The number of nitrogens with zero attached hydrogens (tertiary/aromatic N) is 2. The average molecular weight is 410 g/mol. The summed E-state index contributed by atoms with van der Waals surface area (Å²) in [6, 6.07) is 7.47. The van der Waals surface area contributed by atoms with Crippen LogP contribution in [0.5, 0.6) is 0 Å². The zero-order chi connectivity index (χ0) is 19.6. The fourth-order valence-corrected chi connectivity index (χ4v) is 3.50. The third-order valence-corrected chi connectivity index (χ3v) is 5.22. The molecule has 0 radical (unpaired) electrons. The minimum atomic E-state index is -0.876. The van der Waals surface area contributed by atoms with E-state index in [1.165, 1.54) is 0 Å². The van der Waals surface area contributed by atoms with Gasteiger partial charge in [0.15, 0.2) is 5.79 Å². The third kappa shape index (κ3) is 4.35. The van der Waals surface area contributed by atoms with Crippen LogP contribution in [0.1, 0.15) is 30.3 Å². The molecule has 1 aromatic carbocycles. The molecule has 0 bridgehead atoms. The number of amides is 1. The van der Waals surface area contributed by atoms with Gasteiger partial charge in [-0.25, -0.2) is 5.43 Å². The molecule has 1 aliphatic rings. The monoisotopic (exact) mass is 409 g/mol. The molecular weight excluding hydrogens is 389 g/mol. The SMILES string of the molecule is Cc1cc(/C=N\NC(=O)CC2(C)OCCO2)c(C)n1-c1cccc(Cl)c1Cl. The fourth-order valence-electron chi connectivity index (χ4n) is 3.12. The van der Waals surface area contributed by atoms with Gasteiger partial charge in [0.25, 0.3) is 0 Å². The Kier molecular flexibility index (Phi) is 5.91. The molecule has 1 amide bonds. The first-order valence-electron chi connectivity index (χ1n) is 8.54. The second-order valence-electron chi connectivity index (χ2n) is 6.54. The maximum Gasteiger partial charge on any atom is 0.245 e. The van der Waals surface area contributed by atoms with Crippen molar-refractivity contribution in [1.82, 2.24) is 9.99 Å². The Morgan fingerprint density at radius 1 is 1.33 bits per heavy atom. The molecule has 0 saturated carbocycles. The van der Waals surface area contributed by atoms with E-state index in [1.807, 2.05) is 36.6 Å². The van der Waals surface area contributed by atoms with Crippen LogP contribution in [-0.2, 0) is 14.3 Å². The predicted octanol–water partition coefficient (Wildman–Crippen LogP) is 4.00. The Bertz CT molecular complexity index is 887. The summed E-state index contributed by atoms with van der Waals surface area (Å²) in [5.41, 5.74) is 6.09. The Labute approximate surface area is 168 Å². The molecule has 3 rings (SSSR count). The van der Waals surface area contributed by atoms with Gasteiger partial charge in [-0.2, -0.15) is 5.10 Å². The fraction of sp³-hybridized carbons (Fsp3) is 0.368. The molecule has 1 fully saturated rings. The van der Waals surface area contributed by atoms with Crippen molar-refractivity contribution >= 4 is 35.3 Å². The summed E-state index contributed by atoms with van der Waals surface area (Å²) in [7, 11) is 0. The molecule has 8 heteroatoms. The van der Waals surface area contributed by atoms with Crippen LogP contribution in [0.3, 0.4) is 0 Å². The van der Waals surface area contributed by atoms with E-state index < -0.39 is 5.79 Å². The largest absolute Gasteiger partial charge is 0.347 e. The molecule has 2 aromatic rings. The molecule has 1 aromatic heterocycles. The molecule has 0 atom stereocenters. The highest BCUT2D eigenvalue weighted by Crippen LogP contribution is 2.31. The van der Waals surface area contributed by atoms with Crippen LogP contribution >= 0.6 is 23.2 Å². The van der Waals surface area contributed by atoms with Crippen LogP contribution in [0.25, 0.3) is 5.69 Å². The van der Waals surface area contributed by atoms with Gasteiger partial charge in [-0.05, 0) is 39.0 Å². The molecule has 0 aliphatic carbocycles. The molecule has 2 heterocycles. The summed E-state index contributed by atoms with van der Waals surface area (Å²) in [6.07, 6.45) is 1.69. The third-order valence-electron chi connectivity index (χ3n) is 4.42.